The highest BCUT2D eigenvalue weighted by Gasteiger charge is 2.19. The summed E-state index contributed by atoms with van der Waals surface area (Å²) in [6.45, 7) is 6.59. The minimum absolute atomic E-state index is 0.0647. The Hall–Kier alpha value is -1.85. The Kier molecular flexibility index (Phi) is 55.2. The average molecular weight is 946 g/mol. The van der Waals surface area contributed by atoms with Crippen LogP contribution < -0.4 is 0 Å². The van der Waals surface area contributed by atoms with Crippen molar-refractivity contribution < 1.29 is 28.6 Å². The van der Waals surface area contributed by atoms with E-state index in [4.69, 9.17) is 14.2 Å². The van der Waals surface area contributed by atoms with Crippen molar-refractivity contribution >= 4 is 17.9 Å². The van der Waals surface area contributed by atoms with Gasteiger partial charge in [-0.05, 0) is 44.9 Å². The zero-order valence-electron chi connectivity index (χ0n) is 45.5. The first-order valence-electron chi connectivity index (χ1n) is 30.2. The van der Waals surface area contributed by atoms with Crippen molar-refractivity contribution in [3.05, 3.63) is 12.2 Å². The van der Waals surface area contributed by atoms with Crippen molar-refractivity contribution in [3.8, 4) is 0 Å². The van der Waals surface area contributed by atoms with Crippen molar-refractivity contribution in [1.82, 2.24) is 0 Å². The van der Waals surface area contributed by atoms with Crippen LogP contribution in [0.25, 0.3) is 0 Å². The normalized spacial score (nSPS) is 12.0. The Balaban J connectivity index is 3.74. The zero-order valence-corrected chi connectivity index (χ0v) is 45.5. The number of esters is 3. The molecule has 1 unspecified atom stereocenters. The minimum Gasteiger partial charge on any atom is -0.462 e. The van der Waals surface area contributed by atoms with Gasteiger partial charge >= 0.3 is 17.9 Å². The number of allylic oxidation sites excluding steroid dienone is 2. The first-order chi connectivity index (χ1) is 33.0. The van der Waals surface area contributed by atoms with Crippen molar-refractivity contribution in [1.29, 1.82) is 0 Å². The van der Waals surface area contributed by atoms with Gasteiger partial charge in [-0.15, -0.1) is 0 Å². The molecule has 396 valence electrons. The predicted octanol–water partition coefficient (Wildman–Crippen LogP) is 20.1. The van der Waals surface area contributed by atoms with E-state index < -0.39 is 6.10 Å². The first-order valence-corrected chi connectivity index (χ1v) is 30.2. The molecule has 0 spiro atoms. The number of hydrogen-bond acceptors (Lipinski definition) is 6. The van der Waals surface area contributed by atoms with Gasteiger partial charge in [-0.3, -0.25) is 14.4 Å². The van der Waals surface area contributed by atoms with Gasteiger partial charge in [-0.1, -0.05) is 290 Å². The standard InChI is InChI=1S/C61H116O6/c1-4-7-10-13-16-17-18-19-20-21-22-23-24-25-26-27-28-29-30-31-32-33-34-35-36-37-38-39-40-41-42-43-46-48-51-54-60(63)66-57-58(67-61(64)55-52-49-45-15-12-9-6-3)56-65-59(62)53-50-47-44-14-11-8-5-2/h21-22,58H,4-20,23-57H2,1-3H3/b22-21-. The summed E-state index contributed by atoms with van der Waals surface area (Å²) < 4.78 is 16.7. The van der Waals surface area contributed by atoms with Gasteiger partial charge in [0.25, 0.3) is 0 Å². The molecule has 0 radical (unpaired) electrons. The molecule has 0 aliphatic heterocycles. The molecule has 0 aliphatic carbocycles. The van der Waals surface area contributed by atoms with E-state index in [-0.39, 0.29) is 31.1 Å². The van der Waals surface area contributed by atoms with Crippen LogP contribution in [0, 0.1) is 0 Å². The summed E-state index contributed by atoms with van der Waals surface area (Å²) in [5.41, 5.74) is 0. The van der Waals surface area contributed by atoms with E-state index in [0.29, 0.717) is 19.3 Å². The van der Waals surface area contributed by atoms with E-state index in [9.17, 15) is 14.4 Å². The van der Waals surface area contributed by atoms with Gasteiger partial charge in [0.05, 0.1) is 0 Å². The van der Waals surface area contributed by atoms with Crippen molar-refractivity contribution in [2.45, 2.75) is 348 Å². The summed E-state index contributed by atoms with van der Waals surface area (Å²) in [7, 11) is 0. The predicted molar refractivity (Wildman–Crippen MR) is 289 cm³/mol. The number of unbranched alkanes of at least 4 members (excludes halogenated alkanes) is 43. The molecule has 0 rings (SSSR count). The molecule has 0 saturated heterocycles. The molecule has 0 fully saturated rings. The van der Waals surface area contributed by atoms with Crippen molar-refractivity contribution in [2.24, 2.45) is 0 Å². The second-order valence-electron chi connectivity index (χ2n) is 20.6. The number of ether oxygens (including phenoxy) is 3. The molecule has 0 bridgehead atoms. The molecular weight excluding hydrogens is 829 g/mol. The van der Waals surface area contributed by atoms with E-state index in [1.165, 1.54) is 244 Å². The summed E-state index contributed by atoms with van der Waals surface area (Å²) in [6, 6.07) is 0. The third-order valence-electron chi connectivity index (χ3n) is 13.8. The Bertz CT molecular complexity index is 1040. The lowest BCUT2D eigenvalue weighted by Crippen LogP contribution is -2.30. The summed E-state index contributed by atoms with van der Waals surface area (Å²) in [5.74, 6) is -0.862. The van der Waals surface area contributed by atoms with E-state index >= 15 is 0 Å². The maximum absolute atomic E-state index is 12.6. The first kappa shape index (κ1) is 65.1. The average Bonchev–Trinajstić information content (AvgIpc) is 3.33. The Morgan fingerprint density at radius 2 is 0.493 bits per heavy atom. The highest BCUT2D eigenvalue weighted by atomic mass is 16.6. The molecule has 0 aromatic carbocycles. The van der Waals surface area contributed by atoms with Crippen LogP contribution >= 0.6 is 0 Å². The third kappa shape index (κ3) is 55.0. The minimum atomic E-state index is -0.759. The summed E-state index contributed by atoms with van der Waals surface area (Å²) >= 11 is 0. The lowest BCUT2D eigenvalue weighted by atomic mass is 10.0. The molecule has 6 nitrogen and oxygen atoms in total. The van der Waals surface area contributed by atoms with Crippen LogP contribution in [0.2, 0.25) is 0 Å². The fourth-order valence-electron chi connectivity index (χ4n) is 9.21. The van der Waals surface area contributed by atoms with E-state index in [2.05, 4.69) is 32.9 Å². The Morgan fingerprint density at radius 1 is 0.284 bits per heavy atom. The lowest BCUT2D eigenvalue weighted by Gasteiger charge is -2.18. The second kappa shape index (κ2) is 56.7. The van der Waals surface area contributed by atoms with Gasteiger partial charge in [-0.25, -0.2) is 0 Å². The maximum atomic E-state index is 12.6. The Morgan fingerprint density at radius 3 is 0.746 bits per heavy atom. The summed E-state index contributed by atoms with van der Waals surface area (Å²) in [6.07, 6.45) is 65.8. The van der Waals surface area contributed by atoms with Crippen LogP contribution in [0.15, 0.2) is 12.2 Å². The van der Waals surface area contributed by atoms with Gasteiger partial charge < -0.3 is 14.2 Å². The quantitative estimate of drug-likeness (QED) is 0.0262. The lowest BCUT2D eigenvalue weighted by molar-refractivity contribution is -0.167. The van der Waals surface area contributed by atoms with Crippen LogP contribution in [-0.2, 0) is 28.6 Å². The van der Waals surface area contributed by atoms with Gasteiger partial charge in [0.2, 0.25) is 0 Å². The summed E-state index contributed by atoms with van der Waals surface area (Å²) in [5, 5.41) is 0. The van der Waals surface area contributed by atoms with Crippen LogP contribution in [0.5, 0.6) is 0 Å². The maximum Gasteiger partial charge on any atom is 0.306 e. The highest BCUT2D eigenvalue weighted by molar-refractivity contribution is 5.71. The SMILES string of the molecule is CCCCCCCCCC/C=C\CCCCCCCCCCCCCCCCCCCCCCCCCC(=O)OCC(COC(=O)CCCCCCCCC)OC(=O)CCCCCCCCC. The fraction of sp³-hybridized carbons (Fsp3) is 0.918. The largest absolute Gasteiger partial charge is 0.462 e. The molecule has 67 heavy (non-hydrogen) atoms. The zero-order chi connectivity index (χ0) is 48.6. The Labute approximate surface area is 418 Å². The van der Waals surface area contributed by atoms with Gasteiger partial charge in [0, 0.05) is 19.3 Å². The molecule has 0 heterocycles. The van der Waals surface area contributed by atoms with E-state index in [1.54, 1.807) is 0 Å². The fourth-order valence-corrected chi connectivity index (χ4v) is 9.21. The van der Waals surface area contributed by atoms with Gasteiger partial charge in [0.1, 0.15) is 13.2 Å². The monoisotopic (exact) mass is 945 g/mol. The summed E-state index contributed by atoms with van der Waals surface area (Å²) in [4.78, 5) is 37.6. The molecule has 0 amide bonds. The van der Waals surface area contributed by atoms with Crippen LogP contribution in [0.1, 0.15) is 342 Å². The number of hydrogen-bond donors (Lipinski definition) is 0. The van der Waals surface area contributed by atoms with Crippen LogP contribution in [0.3, 0.4) is 0 Å². The van der Waals surface area contributed by atoms with E-state index in [1.807, 2.05) is 0 Å². The highest BCUT2D eigenvalue weighted by Crippen LogP contribution is 2.18. The van der Waals surface area contributed by atoms with Crippen molar-refractivity contribution in [2.75, 3.05) is 13.2 Å². The smallest absolute Gasteiger partial charge is 0.306 e. The van der Waals surface area contributed by atoms with Gasteiger partial charge in [0.15, 0.2) is 6.10 Å². The van der Waals surface area contributed by atoms with Crippen molar-refractivity contribution in [3.63, 3.8) is 0 Å². The molecule has 0 aromatic heterocycles. The molecule has 1 atom stereocenters. The number of rotatable bonds is 56. The van der Waals surface area contributed by atoms with Gasteiger partial charge in [-0.2, -0.15) is 0 Å². The molecule has 0 aromatic rings. The van der Waals surface area contributed by atoms with Crippen LogP contribution in [0.4, 0.5) is 0 Å². The molecule has 0 saturated carbocycles. The second-order valence-corrected chi connectivity index (χ2v) is 20.6. The molecule has 0 N–H and O–H groups in total. The molecule has 0 aliphatic rings. The van der Waals surface area contributed by atoms with E-state index in [0.717, 1.165) is 57.8 Å². The molecular formula is C61H116O6. The topological polar surface area (TPSA) is 78.9 Å². The third-order valence-corrected chi connectivity index (χ3v) is 13.8. The van der Waals surface area contributed by atoms with Crippen LogP contribution in [-0.4, -0.2) is 37.2 Å². The number of carbonyl (C=O) groups is 3. The number of carbonyl (C=O) groups excluding carboxylic acids is 3. The molecule has 6 heteroatoms.